The minimum absolute atomic E-state index is 0.114. The van der Waals surface area contributed by atoms with E-state index >= 15 is 0 Å². The molecule has 0 saturated heterocycles. The largest absolute Gasteiger partial charge is 0.380 e. The maximum atomic E-state index is 11.1. The average Bonchev–Trinajstić information content (AvgIpc) is 1.99. The lowest BCUT2D eigenvalue weighted by molar-refractivity contribution is 0.597. The lowest BCUT2D eigenvalue weighted by atomic mass is 10.1. The second kappa shape index (κ2) is 3.83. The Balaban J connectivity index is 3.04. The van der Waals surface area contributed by atoms with Gasteiger partial charge in [0.1, 0.15) is 0 Å². The van der Waals surface area contributed by atoms with Crippen LogP contribution in [0.3, 0.4) is 0 Å². The predicted molar refractivity (Wildman–Crippen MR) is 61.2 cm³/mol. The first-order valence-corrected chi connectivity index (χ1v) is 6.14. The van der Waals surface area contributed by atoms with E-state index in [4.69, 9.17) is 5.14 Å². The average molecular weight is 228 g/mol. The molecule has 0 aromatic heterocycles. The van der Waals surface area contributed by atoms with Crippen molar-refractivity contribution >= 4 is 15.7 Å². The molecule has 5 heteroatoms. The Kier molecular flexibility index (Phi) is 3.06. The van der Waals surface area contributed by atoms with Crippen molar-refractivity contribution in [3.63, 3.8) is 0 Å². The Hall–Kier alpha value is -1.07. The summed E-state index contributed by atoms with van der Waals surface area (Å²) in [6.07, 6.45) is 0. The Morgan fingerprint density at radius 2 is 1.87 bits per heavy atom. The number of rotatable bonds is 2. The van der Waals surface area contributed by atoms with Gasteiger partial charge in [0.05, 0.1) is 4.90 Å². The van der Waals surface area contributed by atoms with Gasteiger partial charge in [0.25, 0.3) is 0 Å². The van der Waals surface area contributed by atoms with E-state index in [1.54, 1.807) is 12.1 Å². The van der Waals surface area contributed by atoms with Crippen LogP contribution in [0, 0.1) is 0 Å². The monoisotopic (exact) mass is 228 g/mol. The molecule has 0 aliphatic carbocycles. The Bertz CT molecular complexity index is 447. The molecule has 0 saturated carbocycles. The van der Waals surface area contributed by atoms with Gasteiger partial charge >= 0.3 is 0 Å². The fourth-order valence-corrected chi connectivity index (χ4v) is 1.74. The molecule has 0 heterocycles. The van der Waals surface area contributed by atoms with E-state index in [1.165, 1.54) is 12.1 Å². The highest BCUT2D eigenvalue weighted by atomic mass is 32.2. The van der Waals surface area contributed by atoms with Crippen LogP contribution >= 0.6 is 0 Å². The summed E-state index contributed by atoms with van der Waals surface area (Å²) in [6, 6.07) is 6.47. The van der Waals surface area contributed by atoms with E-state index in [9.17, 15) is 8.42 Å². The molecule has 4 nitrogen and oxygen atoms in total. The highest BCUT2D eigenvalue weighted by Crippen LogP contribution is 2.17. The van der Waals surface area contributed by atoms with Crippen LogP contribution in [0.4, 0.5) is 5.69 Å². The Morgan fingerprint density at radius 3 is 2.33 bits per heavy atom. The molecule has 1 rings (SSSR count). The van der Waals surface area contributed by atoms with Gasteiger partial charge in [-0.25, -0.2) is 13.6 Å². The van der Waals surface area contributed by atoms with Crippen LogP contribution in [0.2, 0.25) is 0 Å². The topological polar surface area (TPSA) is 72.2 Å². The number of primary sulfonamides is 1. The molecule has 0 aliphatic heterocycles. The quantitative estimate of drug-likeness (QED) is 0.806. The number of sulfonamides is 1. The molecular formula is C10H16N2O2S. The smallest absolute Gasteiger partial charge is 0.238 e. The summed E-state index contributed by atoms with van der Waals surface area (Å²) in [5.41, 5.74) is 0.630. The molecular weight excluding hydrogens is 212 g/mol. The van der Waals surface area contributed by atoms with Crippen LogP contribution in [-0.2, 0) is 10.0 Å². The molecule has 0 atom stereocenters. The van der Waals surface area contributed by atoms with Crippen LogP contribution < -0.4 is 10.5 Å². The van der Waals surface area contributed by atoms with Crippen LogP contribution in [0.25, 0.3) is 0 Å². The molecule has 3 N–H and O–H groups in total. The third kappa shape index (κ3) is 3.89. The van der Waals surface area contributed by atoms with Crippen molar-refractivity contribution in [2.75, 3.05) is 5.32 Å². The molecule has 0 spiro atoms. The Labute approximate surface area is 90.5 Å². The van der Waals surface area contributed by atoms with Crippen LogP contribution in [0.1, 0.15) is 20.8 Å². The molecule has 84 valence electrons. The predicted octanol–water partition coefficient (Wildman–Crippen LogP) is 1.54. The summed E-state index contributed by atoms with van der Waals surface area (Å²) in [6.45, 7) is 5.99. The van der Waals surface area contributed by atoms with Crippen LogP contribution in [0.15, 0.2) is 29.2 Å². The second-order valence-electron chi connectivity index (χ2n) is 4.45. The first kappa shape index (κ1) is 12.0. The van der Waals surface area contributed by atoms with Crippen molar-refractivity contribution in [3.05, 3.63) is 24.3 Å². The van der Waals surface area contributed by atoms with Crippen molar-refractivity contribution in [3.8, 4) is 0 Å². The van der Waals surface area contributed by atoms with E-state index in [-0.39, 0.29) is 10.4 Å². The minimum Gasteiger partial charge on any atom is -0.380 e. The summed E-state index contributed by atoms with van der Waals surface area (Å²) >= 11 is 0. The number of nitrogens with one attached hydrogen (secondary N) is 1. The molecule has 0 bridgehead atoms. The normalized spacial score (nSPS) is 12.5. The van der Waals surface area contributed by atoms with Crippen molar-refractivity contribution < 1.29 is 8.42 Å². The van der Waals surface area contributed by atoms with E-state index in [1.807, 2.05) is 20.8 Å². The summed E-state index contributed by atoms with van der Waals surface area (Å²) in [5.74, 6) is 0. The first-order chi connectivity index (χ1) is 6.68. The van der Waals surface area contributed by atoms with Gasteiger partial charge in [-0.2, -0.15) is 0 Å². The molecule has 0 amide bonds. The number of benzene rings is 1. The van der Waals surface area contributed by atoms with E-state index in [0.717, 1.165) is 5.69 Å². The third-order valence-corrected chi connectivity index (χ3v) is 2.59. The van der Waals surface area contributed by atoms with E-state index in [0.29, 0.717) is 0 Å². The van der Waals surface area contributed by atoms with Crippen molar-refractivity contribution in [1.82, 2.24) is 0 Å². The Morgan fingerprint density at radius 1 is 1.27 bits per heavy atom. The SMILES string of the molecule is CC(C)(C)Nc1cccc(S(N)(=O)=O)c1. The summed E-state index contributed by atoms with van der Waals surface area (Å²) in [7, 11) is -3.62. The van der Waals surface area contributed by atoms with E-state index in [2.05, 4.69) is 5.32 Å². The van der Waals surface area contributed by atoms with Crippen LogP contribution in [0.5, 0.6) is 0 Å². The molecule has 1 aromatic carbocycles. The van der Waals surface area contributed by atoms with Crippen molar-refractivity contribution in [2.24, 2.45) is 5.14 Å². The van der Waals surface area contributed by atoms with Gasteiger partial charge < -0.3 is 5.32 Å². The summed E-state index contributed by atoms with van der Waals surface area (Å²) in [5, 5.41) is 8.21. The number of anilines is 1. The molecule has 0 radical (unpaired) electrons. The van der Waals surface area contributed by atoms with Gasteiger partial charge in [-0.1, -0.05) is 6.07 Å². The molecule has 1 aromatic rings. The third-order valence-electron chi connectivity index (χ3n) is 1.68. The van der Waals surface area contributed by atoms with E-state index < -0.39 is 10.0 Å². The number of hydrogen-bond acceptors (Lipinski definition) is 3. The lowest BCUT2D eigenvalue weighted by Crippen LogP contribution is -2.26. The van der Waals surface area contributed by atoms with Gasteiger partial charge in [-0.05, 0) is 39.0 Å². The zero-order valence-electron chi connectivity index (χ0n) is 9.11. The fraction of sp³-hybridized carbons (Fsp3) is 0.400. The summed E-state index contributed by atoms with van der Waals surface area (Å²) in [4.78, 5) is 0.122. The highest BCUT2D eigenvalue weighted by Gasteiger charge is 2.12. The standard InChI is InChI=1S/C10H16N2O2S/c1-10(2,3)12-8-5-4-6-9(7-8)15(11,13)14/h4-7,12H,1-3H3,(H2,11,13,14). The van der Waals surface area contributed by atoms with Crippen LogP contribution in [-0.4, -0.2) is 14.0 Å². The number of nitrogens with two attached hydrogens (primary N) is 1. The van der Waals surface area contributed by atoms with Gasteiger partial charge in [0.2, 0.25) is 10.0 Å². The van der Waals surface area contributed by atoms with Gasteiger partial charge in [0, 0.05) is 11.2 Å². The van der Waals surface area contributed by atoms with Crippen molar-refractivity contribution in [2.45, 2.75) is 31.2 Å². The fourth-order valence-electron chi connectivity index (χ4n) is 1.18. The van der Waals surface area contributed by atoms with Gasteiger partial charge in [-0.15, -0.1) is 0 Å². The van der Waals surface area contributed by atoms with Gasteiger partial charge in [0.15, 0.2) is 0 Å². The maximum absolute atomic E-state index is 11.1. The first-order valence-electron chi connectivity index (χ1n) is 4.59. The molecule has 0 aliphatic rings. The maximum Gasteiger partial charge on any atom is 0.238 e. The minimum atomic E-state index is -3.62. The zero-order chi connectivity index (χ0) is 11.7. The molecule has 0 unspecified atom stereocenters. The second-order valence-corrected chi connectivity index (χ2v) is 6.01. The zero-order valence-corrected chi connectivity index (χ0v) is 9.93. The highest BCUT2D eigenvalue weighted by molar-refractivity contribution is 7.89. The number of hydrogen-bond donors (Lipinski definition) is 2. The lowest BCUT2D eigenvalue weighted by Gasteiger charge is -2.22. The summed E-state index contributed by atoms with van der Waals surface area (Å²) < 4.78 is 22.2. The van der Waals surface area contributed by atoms with Gasteiger partial charge in [-0.3, -0.25) is 0 Å². The van der Waals surface area contributed by atoms with Crippen molar-refractivity contribution in [1.29, 1.82) is 0 Å². The molecule has 0 fully saturated rings. The molecule has 15 heavy (non-hydrogen) atoms.